The van der Waals surface area contributed by atoms with Crippen LogP contribution in [0.2, 0.25) is 5.02 Å². The first-order valence-electron chi connectivity index (χ1n) is 5.43. The van der Waals surface area contributed by atoms with E-state index in [4.69, 9.17) is 11.6 Å². The Labute approximate surface area is 128 Å². The number of aliphatic hydroxyl groups excluding tert-OH is 1. The Morgan fingerprint density at radius 3 is 2.61 bits per heavy atom. The third kappa shape index (κ3) is 4.28. The predicted molar refractivity (Wildman–Crippen MR) is 83.9 cm³/mol. The van der Waals surface area contributed by atoms with Crippen molar-refractivity contribution in [3.8, 4) is 0 Å². The first-order valence-corrected chi connectivity index (χ1v) is 8.47. The van der Waals surface area contributed by atoms with Crippen LogP contribution in [0.3, 0.4) is 0 Å². The third-order valence-corrected chi connectivity index (χ3v) is 5.73. The molecule has 1 heterocycles. The van der Waals surface area contributed by atoms with Crippen molar-refractivity contribution >= 4 is 50.6 Å². The van der Waals surface area contributed by atoms with Crippen LogP contribution in [0.1, 0.15) is 4.88 Å². The van der Waals surface area contributed by atoms with Crippen LogP contribution in [0.25, 0.3) is 0 Å². The highest BCUT2D eigenvalue weighted by atomic mass is 79.9. The molecule has 0 amide bonds. The zero-order valence-electron chi connectivity index (χ0n) is 9.48. The summed E-state index contributed by atoms with van der Waals surface area (Å²) in [6, 6.07) is 9.69. The molecule has 0 bridgehead atoms. The summed E-state index contributed by atoms with van der Waals surface area (Å²) in [5, 5.41) is 12.8. The lowest BCUT2D eigenvalue weighted by Gasteiger charge is -2.09. The Morgan fingerprint density at radius 1 is 1.28 bits per heavy atom. The van der Waals surface area contributed by atoms with Gasteiger partial charge in [-0.25, -0.2) is 0 Å². The topological polar surface area (TPSA) is 20.2 Å². The molecule has 0 saturated heterocycles. The fraction of sp³-hybridized carbons (Fsp3) is 0.231. The quantitative estimate of drug-likeness (QED) is 0.766. The molecular weight excluding hydrogens is 352 g/mol. The van der Waals surface area contributed by atoms with E-state index in [-0.39, 0.29) is 6.10 Å². The lowest BCUT2D eigenvalue weighted by Crippen LogP contribution is -2.12. The number of benzene rings is 1. The lowest BCUT2D eigenvalue weighted by atomic mass is 10.2. The van der Waals surface area contributed by atoms with Gasteiger partial charge in [0.1, 0.15) is 0 Å². The predicted octanol–water partition coefficient (Wildman–Crippen LogP) is 4.86. The van der Waals surface area contributed by atoms with E-state index in [0.717, 1.165) is 14.4 Å². The van der Waals surface area contributed by atoms with E-state index in [1.807, 2.05) is 35.7 Å². The molecule has 2 aromatic rings. The number of thioether (sulfide) groups is 1. The Morgan fingerprint density at radius 2 is 2.00 bits per heavy atom. The Bertz CT molecular complexity index is 498. The van der Waals surface area contributed by atoms with Crippen molar-refractivity contribution in [2.24, 2.45) is 0 Å². The van der Waals surface area contributed by atoms with Gasteiger partial charge in [0.2, 0.25) is 0 Å². The molecule has 0 radical (unpaired) electrons. The fourth-order valence-electron chi connectivity index (χ4n) is 1.47. The summed E-state index contributed by atoms with van der Waals surface area (Å²) in [6.45, 7) is 0. The van der Waals surface area contributed by atoms with Crippen LogP contribution in [-0.2, 0) is 6.42 Å². The summed E-state index contributed by atoms with van der Waals surface area (Å²) in [5.41, 5.74) is 0. The molecular formula is C13H12BrClOS2. The second-order valence-electron chi connectivity index (χ2n) is 3.81. The van der Waals surface area contributed by atoms with Gasteiger partial charge in [-0.05, 0) is 51.6 Å². The molecule has 0 aliphatic heterocycles. The molecule has 1 nitrogen and oxygen atoms in total. The monoisotopic (exact) mass is 362 g/mol. The first-order chi connectivity index (χ1) is 8.65. The van der Waals surface area contributed by atoms with Gasteiger partial charge in [-0.3, -0.25) is 0 Å². The largest absolute Gasteiger partial charge is 0.392 e. The van der Waals surface area contributed by atoms with Gasteiger partial charge in [0.25, 0.3) is 0 Å². The van der Waals surface area contributed by atoms with Gasteiger partial charge in [-0.1, -0.05) is 11.6 Å². The van der Waals surface area contributed by atoms with E-state index < -0.39 is 0 Å². The van der Waals surface area contributed by atoms with Crippen LogP contribution < -0.4 is 0 Å². The van der Waals surface area contributed by atoms with Crippen molar-refractivity contribution in [1.29, 1.82) is 0 Å². The molecule has 0 spiro atoms. The van der Waals surface area contributed by atoms with E-state index in [1.54, 1.807) is 23.1 Å². The zero-order valence-corrected chi connectivity index (χ0v) is 13.5. The highest BCUT2D eigenvalue weighted by Gasteiger charge is 2.10. The van der Waals surface area contributed by atoms with Gasteiger partial charge in [-0.2, -0.15) is 0 Å². The minimum absolute atomic E-state index is 0.333. The van der Waals surface area contributed by atoms with E-state index in [1.165, 1.54) is 4.88 Å². The van der Waals surface area contributed by atoms with E-state index in [9.17, 15) is 5.11 Å². The van der Waals surface area contributed by atoms with Gasteiger partial charge in [0, 0.05) is 31.4 Å². The van der Waals surface area contributed by atoms with Gasteiger partial charge in [-0.15, -0.1) is 23.1 Å². The molecule has 0 aliphatic rings. The molecule has 5 heteroatoms. The average Bonchev–Trinajstić information content (AvgIpc) is 2.74. The van der Waals surface area contributed by atoms with Crippen molar-refractivity contribution in [2.45, 2.75) is 17.4 Å². The Kier molecular flexibility index (Phi) is 5.57. The number of hydrogen-bond acceptors (Lipinski definition) is 3. The first kappa shape index (κ1) is 14.4. The standard InChI is InChI=1S/C13H12BrClOS2/c14-12-5-6-17-13(12)7-10(16)8-18-11-3-1-9(15)2-4-11/h1-6,10,16H,7-8H2. The van der Waals surface area contributed by atoms with Crippen molar-refractivity contribution in [3.63, 3.8) is 0 Å². The normalized spacial score (nSPS) is 12.6. The lowest BCUT2D eigenvalue weighted by molar-refractivity contribution is 0.201. The summed E-state index contributed by atoms with van der Waals surface area (Å²) >= 11 is 12.6. The maximum absolute atomic E-state index is 10.0. The molecule has 18 heavy (non-hydrogen) atoms. The van der Waals surface area contributed by atoms with Crippen LogP contribution in [0.5, 0.6) is 0 Å². The van der Waals surface area contributed by atoms with Crippen LogP contribution in [-0.4, -0.2) is 17.0 Å². The average molecular weight is 364 g/mol. The van der Waals surface area contributed by atoms with Gasteiger partial charge >= 0.3 is 0 Å². The molecule has 0 saturated carbocycles. The van der Waals surface area contributed by atoms with Crippen molar-refractivity contribution in [1.82, 2.24) is 0 Å². The molecule has 2 rings (SSSR count). The van der Waals surface area contributed by atoms with Crippen LogP contribution >= 0.6 is 50.6 Å². The number of hydrogen-bond donors (Lipinski definition) is 1. The number of aliphatic hydroxyl groups is 1. The second-order valence-corrected chi connectivity index (χ2v) is 7.20. The smallest absolute Gasteiger partial charge is 0.0682 e. The summed E-state index contributed by atoms with van der Waals surface area (Å²) < 4.78 is 1.09. The van der Waals surface area contributed by atoms with Gasteiger partial charge in [0.05, 0.1) is 6.10 Å². The van der Waals surface area contributed by atoms with Gasteiger partial charge < -0.3 is 5.11 Å². The highest BCUT2D eigenvalue weighted by Crippen LogP contribution is 2.26. The van der Waals surface area contributed by atoms with Crippen LogP contribution in [0.4, 0.5) is 0 Å². The molecule has 96 valence electrons. The molecule has 1 N–H and O–H groups in total. The number of halogens is 2. The molecule has 0 aliphatic carbocycles. The van der Waals surface area contributed by atoms with Crippen molar-refractivity contribution in [3.05, 3.63) is 50.1 Å². The Balaban J connectivity index is 1.83. The SMILES string of the molecule is OC(CSc1ccc(Cl)cc1)Cc1sccc1Br. The summed E-state index contributed by atoms with van der Waals surface area (Å²) in [6.07, 6.45) is 0.361. The second kappa shape index (κ2) is 6.96. The Hall–Kier alpha value is -0.000000000000000111. The van der Waals surface area contributed by atoms with E-state index in [0.29, 0.717) is 12.2 Å². The number of rotatable bonds is 5. The molecule has 0 fully saturated rings. The molecule has 1 atom stereocenters. The fourth-order valence-corrected chi connectivity index (χ4v) is 4.01. The highest BCUT2D eigenvalue weighted by molar-refractivity contribution is 9.10. The summed E-state index contributed by atoms with van der Waals surface area (Å²) in [5.74, 6) is 0.686. The number of thiophene rings is 1. The van der Waals surface area contributed by atoms with Crippen molar-refractivity contribution < 1.29 is 5.11 Å². The minimum atomic E-state index is -0.333. The molecule has 1 aromatic carbocycles. The molecule has 1 unspecified atom stereocenters. The van der Waals surface area contributed by atoms with Crippen LogP contribution in [0.15, 0.2) is 45.1 Å². The minimum Gasteiger partial charge on any atom is -0.392 e. The summed E-state index contributed by atoms with van der Waals surface area (Å²) in [7, 11) is 0. The third-order valence-electron chi connectivity index (χ3n) is 2.37. The van der Waals surface area contributed by atoms with E-state index >= 15 is 0 Å². The van der Waals surface area contributed by atoms with Crippen molar-refractivity contribution in [2.75, 3.05) is 5.75 Å². The zero-order chi connectivity index (χ0) is 13.0. The maximum atomic E-state index is 10.0. The summed E-state index contributed by atoms with van der Waals surface area (Å²) in [4.78, 5) is 2.32. The maximum Gasteiger partial charge on any atom is 0.0682 e. The van der Waals surface area contributed by atoms with Gasteiger partial charge in [0.15, 0.2) is 0 Å². The van der Waals surface area contributed by atoms with Crippen LogP contribution in [0, 0.1) is 0 Å². The molecule has 1 aromatic heterocycles. The van der Waals surface area contributed by atoms with E-state index in [2.05, 4.69) is 15.9 Å².